The molecule has 0 heterocycles. The first-order valence-electron chi connectivity index (χ1n) is 10.2. The summed E-state index contributed by atoms with van der Waals surface area (Å²) < 4.78 is 9.30. The van der Waals surface area contributed by atoms with Crippen LogP contribution >= 0.6 is 0 Å². The number of aliphatic hydroxyl groups is 2. The molecule has 0 aliphatic rings. The molecule has 0 rings (SSSR count). The minimum absolute atomic E-state index is 0. The van der Waals surface area contributed by atoms with Crippen LogP contribution in [0.1, 0.15) is 82.1 Å². The largest absolute Gasteiger partial charge is 0.466 e. The Hall–Kier alpha value is -1.09. The Morgan fingerprint density at radius 1 is 0.613 bits per heavy atom. The Morgan fingerprint density at radius 3 is 0.935 bits per heavy atom. The van der Waals surface area contributed by atoms with Gasteiger partial charge in [0.25, 0.3) is 0 Å². The number of rotatable bonds is 6. The van der Waals surface area contributed by atoms with Crippen LogP contribution in [0.3, 0.4) is 0 Å². The summed E-state index contributed by atoms with van der Waals surface area (Å²) in [5.41, 5.74) is -0.903. The Kier molecular flexibility index (Phi) is 30.6. The summed E-state index contributed by atoms with van der Waals surface area (Å²) in [4.78, 5) is 44.2. The van der Waals surface area contributed by atoms with E-state index in [-0.39, 0.29) is 59.3 Å². The molecular weight excluding hydrogens is 440 g/mol. The number of ether oxygens (including phenoxy) is 2. The van der Waals surface area contributed by atoms with E-state index in [9.17, 15) is 19.2 Å². The first-order valence-corrected chi connectivity index (χ1v) is 10.2. The third-order valence-corrected chi connectivity index (χ3v) is 2.89. The third kappa shape index (κ3) is 33.7. The zero-order chi connectivity index (χ0) is 25.0. The molecule has 0 fully saturated rings. The van der Waals surface area contributed by atoms with Crippen LogP contribution in [0.15, 0.2) is 0 Å². The van der Waals surface area contributed by atoms with E-state index in [1.165, 1.54) is 0 Å². The van der Waals surface area contributed by atoms with Gasteiger partial charge in [-0.15, -0.1) is 0 Å². The molecule has 8 nitrogen and oxygen atoms in total. The minimum atomic E-state index is -0.452. The molecular formula is C22H44O8Ti. The molecule has 0 saturated heterocycles. The average Bonchev–Trinajstić information content (AvgIpc) is 2.55. The SMILES string of the molecule is CCO.CCO.CCOC(=O)CC(=O)C(C)(C)C.CCOC(=O)CC(=O)C(C)(C)C.[Ti]. The van der Waals surface area contributed by atoms with Gasteiger partial charge in [0.05, 0.1) is 13.2 Å². The second-order valence-electron chi connectivity index (χ2n) is 7.94. The van der Waals surface area contributed by atoms with Crippen LogP contribution < -0.4 is 0 Å². The summed E-state index contributed by atoms with van der Waals surface area (Å²) in [5.74, 6) is -1.03. The molecule has 0 radical (unpaired) electrons. The third-order valence-electron chi connectivity index (χ3n) is 2.89. The number of hydrogen-bond donors (Lipinski definition) is 2. The monoisotopic (exact) mass is 484 g/mol. The summed E-state index contributed by atoms with van der Waals surface area (Å²) in [6, 6.07) is 0. The topological polar surface area (TPSA) is 127 Å². The summed E-state index contributed by atoms with van der Waals surface area (Å²) in [6.07, 6.45) is -0.228. The van der Waals surface area contributed by atoms with Crippen molar-refractivity contribution in [3.8, 4) is 0 Å². The van der Waals surface area contributed by atoms with Gasteiger partial charge in [0, 0.05) is 45.8 Å². The smallest absolute Gasteiger partial charge is 0.313 e. The van der Waals surface area contributed by atoms with Crippen LogP contribution in [0.4, 0.5) is 0 Å². The maximum atomic E-state index is 11.2. The predicted octanol–water partition coefficient (Wildman–Crippen LogP) is 3.10. The van der Waals surface area contributed by atoms with E-state index in [0.717, 1.165) is 0 Å². The number of aliphatic hydroxyl groups excluding tert-OH is 2. The van der Waals surface area contributed by atoms with Crippen molar-refractivity contribution in [3.63, 3.8) is 0 Å². The summed E-state index contributed by atoms with van der Waals surface area (Å²) in [6.45, 7) is 18.7. The molecule has 0 aliphatic carbocycles. The quantitative estimate of drug-likeness (QED) is 0.335. The van der Waals surface area contributed by atoms with E-state index >= 15 is 0 Å². The molecule has 0 unspecified atom stereocenters. The fraction of sp³-hybridized carbons (Fsp3) is 0.818. The van der Waals surface area contributed by atoms with Crippen molar-refractivity contribution in [2.24, 2.45) is 10.8 Å². The second kappa shape index (κ2) is 23.6. The van der Waals surface area contributed by atoms with Gasteiger partial charge in [-0.3, -0.25) is 19.2 Å². The van der Waals surface area contributed by atoms with Crippen molar-refractivity contribution in [2.75, 3.05) is 26.4 Å². The van der Waals surface area contributed by atoms with Crippen LogP contribution in [0.2, 0.25) is 0 Å². The van der Waals surface area contributed by atoms with Gasteiger partial charge >= 0.3 is 11.9 Å². The van der Waals surface area contributed by atoms with Crippen molar-refractivity contribution in [2.45, 2.75) is 82.1 Å². The van der Waals surface area contributed by atoms with E-state index in [1.807, 2.05) is 0 Å². The van der Waals surface area contributed by atoms with Crippen LogP contribution in [-0.4, -0.2) is 60.1 Å². The first-order chi connectivity index (χ1) is 13.6. The molecule has 0 aromatic rings. The van der Waals surface area contributed by atoms with Gasteiger partial charge in [-0.2, -0.15) is 0 Å². The van der Waals surface area contributed by atoms with Gasteiger partial charge in [0.15, 0.2) is 0 Å². The molecule has 0 atom stereocenters. The molecule has 0 bridgehead atoms. The van der Waals surface area contributed by atoms with Crippen LogP contribution in [0, 0.1) is 10.8 Å². The van der Waals surface area contributed by atoms with Crippen molar-refractivity contribution in [1.82, 2.24) is 0 Å². The van der Waals surface area contributed by atoms with Gasteiger partial charge in [0.1, 0.15) is 24.4 Å². The second-order valence-corrected chi connectivity index (χ2v) is 7.94. The molecule has 0 saturated carbocycles. The Morgan fingerprint density at radius 2 is 0.806 bits per heavy atom. The van der Waals surface area contributed by atoms with Gasteiger partial charge in [-0.05, 0) is 27.7 Å². The number of esters is 2. The maximum Gasteiger partial charge on any atom is 0.313 e. The number of ketones is 2. The van der Waals surface area contributed by atoms with Gasteiger partial charge in [-0.25, -0.2) is 0 Å². The zero-order valence-corrected chi connectivity index (χ0v) is 22.6. The van der Waals surface area contributed by atoms with Crippen molar-refractivity contribution >= 4 is 23.5 Å². The minimum Gasteiger partial charge on any atom is -0.466 e. The fourth-order valence-electron chi connectivity index (χ4n) is 1.22. The van der Waals surface area contributed by atoms with E-state index in [2.05, 4.69) is 9.47 Å². The molecule has 0 aliphatic heterocycles. The molecule has 0 aromatic heterocycles. The standard InChI is InChI=1S/2C9H16O3.2C2H6O.Ti/c2*1-5-12-8(11)6-7(10)9(2,3)4;2*1-2-3;/h2*5-6H2,1-4H3;2*3H,2H2,1H3;. The Balaban J connectivity index is -0.000000113. The Bertz CT molecular complexity index is 433. The number of hydrogen-bond acceptors (Lipinski definition) is 8. The van der Waals surface area contributed by atoms with E-state index in [0.29, 0.717) is 13.2 Å². The number of Topliss-reactive ketones (excluding diaryl/α,β-unsaturated/α-hetero) is 2. The van der Waals surface area contributed by atoms with Crippen LogP contribution in [0.5, 0.6) is 0 Å². The van der Waals surface area contributed by atoms with Crippen molar-refractivity contribution in [1.29, 1.82) is 0 Å². The molecule has 2 N–H and O–H groups in total. The van der Waals surface area contributed by atoms with Gasteiger partial charge in [0.2, 0.25) is 0 Å². The molecule has 0 spiro atoms. The van der Waals surface area contributed by atoms with Gasteiger partial charge in [-0.1, -0.05) is 41.5 Å². The van der Waals surface area contributed by atoms with Crippen molar-refractivity contribution < 1.29 is 60.6 Å². The van der Waals surface area contributed by atoms with E-state index in [4.69, 9.17) is 10.2 Å². The molecule has 0 amide bonds. The van der Waals surface area contributed by atoms with E-state index < -0.39 is 22.8 Å². The fourth-order valence-corrected chi connectivity index (χ4v) is 1.22. The number of carbonyl (C=O) groups excluding carboxylic acids is 4. The first kappa shape index (κ1) is 40.3. The predicted molar refractivity (Wildman–Crippen MR) is 117 cm³/mol. The molecule has 184 valence electrons. The maximum absolute atomic E-state index is 11.2. The number of carbonyl (C=O) groups is 4. The summed E-state index contributed by atoms with van der Waals surface area (Å²) >= 11 is 0. The van der Waals surface area contributed by atoms with E-state index in [1.54, 1.807) is 69.2 Å². The summed E-state index contributed by atoms with van der Waals surface area (Å²) in [5, 5.41) is 15.1. The normalized spacial score (nSPS) is 9.68. The molecule has 9 heteroatoms. The summed E-state index contributed by atoms with van der Waals surface area (Å²) in [7, 11) is 0. The van der Waals surface area contributed by atoms with Crippen LogP contribution in [0.25, 0.3) is 0 Å². The van der Waals surface area contributed by atoms with Crippen LogP contribution in [-0.2, 0) is 50.4 Å². The molecule has 0 aromatic carbocycles. The molecule has 31 heavy (non-hydrogen) atoms. The van der Waals surface area contributed by atoms with Gasteiger partial charge < -0.3 is 19.7 Å². The zero-order valence-electron chi connectivity index (χ0n) is 21.1. The Labute approximate surface area is 203 Å². The van der Waals surface area contributed by atoms with Crippen molar-refractivity contribution in [3.05, 3.63) is 0 Å². The average molecular weight is 484 g/mol.